The summed E-state index contributed by atoms with van der Waals surface area (Å²) in [6.45, 7) is 2.28. The van der Waals surface area contributed by atoms with Crippen LogP contribution in [0.1, 0.15) is 18.4 Å². The Hall–Kier alpha value is -0.770. The molecule has 1 unspecified atom stereocenters. The average molecular weight is 202 g/mol. The molecule has 0 amide bonds. The van der Waals surface area contributed by atoms with Gasteiger partial charge in [-0.3, -0.25) is 0 Å². The highest BCUT2D eigenvalue weighted by molar-refractivity contribution is 6.30. The van der Waals surface area contributed by atoms with Gasteiger partial charge in [0.05, 0.1) is 6.61 Å². The average Bonchev–Trinajstić information content (AvgIpc) is 2.04. The largest absolute Gasteiger partial charge is 0.508 e. The molecular formula is C9H12ClNO2. The second kappa shape index (κ2) is 4.46. The van der Waals surface area contributed by atoms with Crippen molar-refractivity contribution in [1.82, 2.24) is 0 Å². The fourth-order valence-corrected chi connectivity index (χ4v) is 1.33. The van der Waals surface area contributed by atoms with Gasteiger partial charge in [-0.1, -0.05) is 24.6 Å². The van der Waals surface area contributed by atoms with Crippen LogP contribution in [0.2, 0.25) is 5.02 Å². The molecule has 1 rings (SSSR count). The predicted molar refractivity (Wildman–Crippen MR) is 51.7 cm³/mol. The lowest BCUT2D eigenvalue weighted by Gasteiger charge is -2.11. The normalized spacial score (nSPS) is 12.8. The molecule has 0 aromatic heterocycles. The smallest absolute Gasteiger partial charge is 0.120 e. The number of benzene rings is 1. The first kappa shape index (κ1) is 10.3. The molecule has 13 heavy (non-hydrogen) atoms. The van der Waals surface area contributed by atoms with Crippen LogP contribution in [0.5, 0.6) is 5.75 Å². The van der Waals surface area contributed by atoms with E-state index >= 15 is 0 Å². The summed E-state index contributed by atoms with van der Waals surface area (Å²) < 4.78 is 0. The Morgan fingerprint density at radius 2 is 2.31 bits per heavy atom. The molecule has 0 bridgehead atoms. The number of aromatic hydroxyl groups is 1. The van der Waals surface area contributed by atoms with Crippen molar-refractivity contribution in [1.29, 1.82) is 0 Å². The molecule has 72 valence electrons. The van der Waals surface area contributed by atoms with Crippen LogP contribution < -0.4 is 5.90 Å². The Bertz CT molecular complexity index is 291. The van der Waals surface area contributed by atoms with Crippen LogP contribution in [0.15, 0.2) is 18.2 Å². The van der Waals surface area contributed by atoms with E-state index in [2.05, 4.69) is 4.84 Å². The summed E-state index contributed by atoms with van der Waals surface area (Å²) in [5.74, 6) is 5.17. The van der Waals surface area contributed by atoms with Crippen molar-refractivity contribution in [3.05, 3.63) is 28.8 Å². The van der Waals surface area contributed by atoms with Gasteiger partial charge in [-0.2, -0.15) is 0 Å². The van der Waals surface area contributed by atoms with Gasteiger partial charge < -0.3 is 9.94 Å². The van der Waals surface area contributed by atoms with Crippen LogP contribution in [0.4, 0.5) is 0 Å². The van der Waals surface area contributed by atoms with Gasteiger partial charge in [0.2, 0.25) is 0 Å². The van der Waals surface area contributed by atoms with Gasteiger partial charge in [0.25, 0.3) is 0 Å². The van der Waals surface area contributed by atoms with Crippen molar-refractivity contribution >= 4 is 11.6 Å². The van der Waals surface area contributed by atoms with Gasteiger partial charge in [0, 0.05) is 10.9 Å². The zero-order valence-electron chi connectivity index (χ0n) is 7.33. The molecule has 3 N–H and O–H groups in total. The first-order valence-electron chi connectivity index (χ1n) is 3.95. The third-order valence-corrected chi connectivity index (χ3v) is 2.10. The van der Waals surface area contributed by atoms with Gasteiger partial charge in [0.1, 0.15) is 5.75 Å². The van der Waals surface area contributed by atoms with Gasteiger partial charge in [-0.25, -0.2) is 5.90 Å². The summed E-state index contributed by atoms with van der Waals surface area (Å²) in [4.78, 5) is 4.50. The number of hydrogen-bond donors (Lipinski definition) is 2. The number of nitrogens with two attached hydrogens (primary N) is 1. The molecule has 0 aliphatic rings. The predicted octanol–water partition coefficient (Wildman–Crippen LogP) is 2.04. The van der Waals surface area contributed by atoms with Crippen LogP contribution in [0.3, 0.4) is 0 Å². The SMILES string of the molecule is CC(CON)c1ccc(Cl)cc1O. The quantitative estimate of drug-likeness (QED) is 0.736. The molecule has 0 aliphatic carbocycles. The minimum atomic E-state index is 0.0577. The van der Waals surface area contributed by atoms with Crippen molar-refractivity contribution in [3.63, 3.8) is 0 Å². The van der Waals surface area contributed by atoms with E-state index in [-0.39, 0.29) is 11.7 Å². The standard InChI is InChI=1S/C9H12ClNO2/c1-6(5-13-11)8-3-2-7(10)4-9(8)12/h2-4,6,12H,5,11H2,1H3. The van der Waals surface area contributed by atoms with E-state index in [1.54, 1.807) is 12.1 Å². The molecule has 0 saturated carbocycles. The molecule has 1 aromatic rings. The van der Waals surface area contributed by atoms with Gasteiger partial charge >= 0.3 is 0 Å². The van der Waals surface area contributed by atoms with Gasteiger partial charge in [-0.15, -0.1) is 0 Å². The van der Waals surface area contributed by atoms with Crippen molar-refractivity contribution < 1.29 is 9.94 Å². The van der Waals surface area contributed by atoms with Crippen molar-refractivity contribution in [2.75, 3.05) is 6.61 Å². The summed E-state index contributed by atoms with van der Waals surface area (Å²) >= 11 is 5.68. The molecule has 1 atom stereocenters. The maximum atomic E-state index is 9.51. The van der Waals surface area contributed by atoms with E-state index in [1.807, 2.05) is 6.92 Å². The Labute approximate surface area is 82.0 Å². The molecule has 4 heteroatoms. The van der Waals surface area contributed by atoms with Crippen LogP contribution in [-0.4, -0.2) is 11.7 Å². The number of hydrogen-bond acceptors (Lipinski definition) is 3. The van der Waals surface area contributed by atoms with Gasteiger partial charge in [-0.05, 0) is 17.7 Å². The molecular weight excluding hydrogens is 190 g/mol. The fourth-order valence-electron chi connectivity index (χ4n) is 1.17. The van der Waals surface area contributed by atoms with Crippen LogP contribution in [0.25, 0.3) is 0 Å². The number of halogens is 1. The van der Waals surface area contributed by atoms with Crippen LogP contribution >= 0.6 is 11.6 Å². The first-order valence-corrected chi connectivity index (χ1v) is 4.33. The second-order valence-electron chi connectivity index (χ2n) is 2.94. The van der Waals surface area contributed by atoms with Gasteiger partial charge in [0.15, 0.2) is 0 Å². The fraction of sp³-hybridized carbons (Fsp3) is 0.333. The Balaban J connectivity index is 2.88. The highest BCUT2D eigenvalue weighted by Gasteiger charge is 2.10. The molecule has 1 aromatic carbocycles. The molecule has 0 heterocycles. The zero-order valence-corrected chi connectivity index (χ0v) is 8.08. The summed E-state index contributed by atoms with van der Waals surface area (Å²) in [5, 5.41) is 10.0. The lowest BCUT2D eigenvalue weighted by Crippen LogP contribution is -2.08. The highest BCUT2D eigenvalue weighted by Crippen LogP contribution is 2.28. The van der Waals surface area contributed by atoms with E-state index in [1.165, 1.54) is 6.07 Å². The monoisotopic (exact) mass is 201 g/mol. The molecule has 0 fully saturated rings. The minimum absolute atomic E-state index is 0.0577. The topological polar surface area (TPSA) is 55.5 Å². The number of rotatable bonds is 3. The summed E-state index contributed by atoms with van der Waals surface area (Å²) in [6.07, 6.45) is 0. The van der Waals surface area contributed by atoms with E-state index in [0.29, 0.717) is 11.6 Å². The third-order valence-electron chi connectivity index (χ3n) is 1.87. The zero-order chi connectivity index (χ0) is 9.84. The Kier molecular flexibility index (Phi) is 3.54. The maximum absolute atomic E-state index is 9.51. The summed E-state index contributed by atoms with van der Waals surface area (Å²) in [5.41, 5.74) is 0.787. The Morgan fingerprint density at radius 1 is 1.62 bits per heavy atom. The first-order chi connectivity index (χ1) is 6.15. The molecule has 0 radical (unpaired) electrons. The number of phenols is 1. The van der Waals surface area contributed by atoms with E-state index in [0.717, 1.165) is 5.56 Å². The highest BCUT2D eigenvalue weighted by atomic mass is 35.5. The number of phenolic OH excluding ortho intramolecular Hbond substituents is 1. The van der Waals surface area contributed by atoms with Crippen molar-refractivity contribution in [3.8, 4) is 5.75 Å². The minimum Gasteiger partial charge on any atom is -0.508 e. The molecule has 0 spiro atoms. The summed E-state index contributed by atoms with van der Waals surface area (Å²) in [6, 6.07) is 4.99. The third kappa shape index (κ3) is 2.59. The van der Waals surface area contributed by atoms with Crippen LogP contribution in [-0.2, 0) is 4.84 Å². The van der Waals surface area contributed by atoms with E-state index in [4.69, 9.17) is 17.5 Å². The van der Waals surface area contributed by atoms with E-state index in [9.17, 15) is 5.11 Å². The lowest BCUT2D eigenvalue weighted by molar-refractivity contribution is 0.126. The Morgan fingerprint density at radius 3 is 2.85 bits per heavy atom. The maximum Gasteiger partial charge on any atom is 0.120 e. The van der Waals surface area contributed by atoms with Crippen molar-refractivity contribution in [2.45, 2.75) is 12.8 Å². The van der Waals surface area contributed by atoms with Crippen molar-refractivity contribution in [2.24, 2.45) is 5.90 Å². The summed E-state index contributed by atoms with van der Waals surface area (Å²) in [7, 11) is 0. The lowest BCUT2D eigenvalue weighted by atomic mass is 10.0. The molecule has 0 aliphatic heterocycles. The van der Waals surface area contributed by atoms with E-state index < -0.39 is 0 Å². The molecule has 0 saturated heterocycles. The molecule has 3 nitrogen and oxygen atoms in total. The van der Waals surface area contributed by atoms with Crippen LogP contribution in [0, 0.1) is 0 Å². The second-order valence-corrected chi connectivity index (χ2v) is 3.37.